The molecule has 0 saturated carbocycles. The first kappa shape index (κ1) is 24.3. The molecule has 1 aromatic heterocycles. The molecule has 0 amide bonds. The van der Waals surface area contributed by atoms with E-state index in [9.17, 15) is 26.7 Å². The second kappa shape index (κ2) is 8.90. The highest BCUT2D eigenvalue weighted by Gasteiger charge is 2.51. The Morgan fingerprint density at radius 3 is 2.47 bits per heavy atom. The molecule has 0 radical (unpaired) electrons. The van der Waals surface area contributed by atoms with Crippen LogP contribution in [-0.2, 0) is 15.6 Å². The third-order valence-corrected chi connectivity index (χ3v) is 7.71. The molecule has 1 aliphatic carbocycles. The van der Waals surface area contributed by atoms with Gasteiger partial charge in [0, 0.05) is 48.9 Å². The number of halogens is 3. The molecule has 2 atom stereocenters. The van der Waals surface area contributed by atoms with Crippen LogP contribution in [0.15, 0.2) is 35.5 Å². The highest BCUT2D eigenvalue weighted by Crippen LogP contribution is 2.38. The quantitative estimate of drug-likeness (QED) is 0.516. The van der Waals surface area contributed by atoms with Gasteiger partial charge in [0.25, 0.3) is 0 Å². The summed E-state index contributed by atoms with van der Waals surface area (Å²) in [6.45, 7) is 2.50. The summed E-state index contributed by atoms with van der Waals surface area (Å²) < 4.78 is 66.7. The van der Waals surface area contributed by atoms with Crippen molar-refractivity contribution in [1.82, 2.24) is 14.3 Å². The molecule has 1 N–H and O–H groups in total. The maximum Gasteiger partial charge on any atom is 0.421 e. The van der Waals surface area contributed by atoms with Crippen LogP contribution < -0.4 is 4.90 Å². The van der Waals surface area contributed by atoms with Crippen LogP contribution in [0.25, 0.3) is 0 Å². The van der Waals surface area contributed by atoms with E-state index in [-0.39, 0.29) is 30.5 Å². The van der Waals surface area contributed by atoms with E-state index in [4.69, 9.17) is 12.2 Å². The third-order valence-electron chi connectivity index (χ3n) is 5.24. The molecule has 32 heavy (non-hydrogen) atoms. The molecule has 1 aliphatic heterocycles. The van der Waals surface area contributed by atoms with Crippen LogP contribution in [0.4, 0.5) is 19.1 Å². The summed E-state index contributed by atoms with van der Waals surface area (Å²) in [5.74, 6) is 5.75. The van der Waals surface area contributed by atoms with Crippen LogP contribution in [0, 0.1) is 11.8 Å². The first-order valence-corrected chi connectivity index (χ1v) is 11.4. The second-order valence-electron chi connectivity index (χ2n) is 7.39. The molecule has 1 saturated heterocycles. The molecule has 172 valence electrons. The largest absolute Gasteiger partial charge is 0.421 e. The Hall–Kier alpha value is -2.33. The van der Waals surface area contributed by atoms with Crippen molar-refractivity contribution in [3.05, 3.63) is 41.1 Å². The molecule has 12 heteroatoms. The van der Waals surface area contributed by atoms with Gasteiger partial charge in [-0.3, -0.25) is 0 Å². The summed E-state index contributed by atoms with van der Waals surface area (Å²) in [6.07, 6.45) is 2.20. The Balaban J connectivity index is 1.85. The zero-order valence-corrected chi connectivity index (χ0v) is 18.9. The lowest BCUT2D eigenvalue weighted by Gasteiger charge is -2.39. The van der Waals surface area contributed by atoms with Gasteiger partial charge in [0.05, 0.1) is 4.91 Å². The summed E-state index contributed by atoms with van der Waals surface area (Å²) in [4.78, 5) is 10.0. The van der Waals surface area contributed by atoms with Crippen LogP contribution in [0.2, 0.25) is 0 Å². The average Bonchev–Trinajstić information content (AvgIpc) is 2.73. The van der Waals surface area contributed by atoms with Gasteiger partial charge in [0.2, 0.25) is 16.0 Å². The Morgan fingerprint density at radius 1 is 1.25 bits per heavy atom. The molecule has 1 fully saturated rings. The van der Waals surface area contributed by atoms with Crippen molar-refractivity contribution in [1.29, 1.82) is 0 Å². The van der Waals surface area contributed by atoms with Crippen molar-refractivity contribution < 1.29 is 26.7 Å². The summed E-state index contributed by atoms with van der Waals surface area (Å²) in [5.41, 5.74) is -3.60. The fourth-order valence-electron chi connectivity index (χ4n) is 3.28. The highest BCUT2D eigenvalue weighted by atomic mass is 32.2. The first-order valence-electron chi connectivity index (χ1n) is 9.60. The van der Waals surface area contributed by atoms with E-state index in [2.05, 4.69) is 21.8 Å². The van der Waals surface area contributed by atoms with Gasteiger partial charge in [-0.2, -0.15) is 17.5 Å². The van der Waals surface area contributed by atoms with E-state index >= 15 is 0 Å². The van der Waals surface area contributed by atoms with Crippen molar-refractivity contribution in [3.8, 4) is 11.8 Å². The monoisotopic (exact) mass is 486 g/mol. The van der Waals surface area contributed by atoms with Crippen molar-refractivity contribution >= 4 is 33.1 Å². The number of hydrogen-bond acceptors (Lipinski definition) is 7. The van der Waals surface area contributed by atoms with Crippen LogP contribution in [-0.4, -0.2) is 64.5 Å². The number of anilines is 1. The molecule has 0 spiro atoms. The number of rotatable bonds is 4. The zero-order valence-electron chi connectivity index (χ0n) is 17.3. The molecule has 1 aromatic rings. The van der Waals surface area contributed by atoms with Gasteiger partial charge in [0.15, 0.2) is 5.60 Å². The van der Waals surface area contributed by atoms with Crippen LogP contribution in [0.1, 0.15) is 25.8 Å². The number of nitrogens with zero attached hydrogens (tertiary/aromatic N) is 4. The number of allylic oxidation sites excluding steroid dienone is 4. The minimum Gasteiger partial charge on any atom is -0.376 e. The molecular formula is C20H21F3N4O3S2. The third kappa shape index (κ3) is 4.56. The molecule has 7 nitrogen and oxygen atoms in total. The number of hydrogen-bond donors (Lipinski definition) is 1. The van der Waals surface area contributed by atoms with E-state index < -0.39 is 33.4 Å². The average molecular weight is 487 g/mol. The fraction of sp³-hybridized carbons (Fsp3) is 0.450. The highest BCUT2D eigenvalue weighted by molar-refractivity contribution is 7.96. The van der Waals surface area contributed by atoms with Crippen molar-refractivity contribution in [2.75, 3.05) is 24.5 Å². The lowest BCUT2D eigenvalue weighted by atomic mass is 9.99. The predicted octanol–water partition coefficient (Wildman–Crippen LogP) is 2.30. The van der Waals surface area contributed by atoms with Gasteiger partial charge in [0.1, 0.15) is 6.04 Å². The van der Waals surface area contributed by atoms with Gasteiger partial charge in [-0.25, -0.2) is 18.4 Å². The van der Waals surface area contributed by atoms with E-state index in [0.717, 1.165) is 12.4 Å². The Kier molecular flexibility index (Phi) is 6.76. The summed E-state index contributed by atoms with van der Waals surface area (Å²) in [5, 5.41) is 9.79. The topological polar surface area (TPSA) is 86.6 Å². The molecule has 0 aromatic carbocycles. The number of thiocarbonyl (C=S) groups is 1. The Morgan fingerprint density at radius 2 is 1.91 bits per heavy atom. The van der Waals surface area contributed by atoms with E-state index in [1.54, 1.807) is 24.0 Å². The van der Waals surface area contributed by atoms with Crippen molar-refractivity contribution in [2.45, 2.75) is 38.1 Å². The fourth-order valence-corrected chi connectivity index (χ4v) is 5.32. The number of sulfonamides is 1. The van der Waals surface area contributed by atoms with Crippen LogP contribution in [0.3, 0.4) is 0 Å². The number of alkyl halides is 3. The number of aliphatic hydroxyl groups is 1. The molecule has 2 aliphatic rings. The van der Waals surface area contributed by atoms with E-state index in [0.29, 0.717) is 18.2 Å². The molecule has 1 unspecified atom stereocenters. The predicted molar refractivity (Wildman–Crippen MR) is 117 cm³/mol. The van der Waals surface area contributed by atoms with Gasteiger partial charge < -0.3 is 10.0 Å². The SMILES string of the molecule is CC#C[C@@H]1CN(S(=O)(=O)C2=CC=CCC2=S)CCN1c1ncc(C(C)(O)C(F)(F)F)cn1. The molecular weight excluding hydrogens is 465 g/mol. The Labute approximate surface area is 189 Å². The summed E-state index contributed by atoms with van der Waals surface area (Å²) in [6, 6.07) is -0.620. The molecule has 2 heterocycles. The van der Waals surface area contributed by atoms with Gasteiger partial charge in [-0.15, -0.1) is 5.92 Å². The molecule has 3 rings (SSSR count). The van der Waals surface area contributed by atoms with Crippen molar-refractivity contribution in [2.24, 2.45) is 0 Å². The minimum atomic E-state index is -4.89. The standard InChI is InChI=1S/C20H21F3N4O3S2/c1-3-6-15-13-26(32(29,30)17-8-5-4-7-16(17)31)9-10-27(15)18-24-11-14(12-25-18)19(2,28)20(21,22)23/h4-5,8,11-12,15,28H,7,9-10,13H2,1-2H3/t15-,19?/m1/s1. The molecule has 0 bridgehead atoms. The lowest BCUT2D eigenvalue weighted by molar-refractivity contribution is -0.259. The first-order chi connectivity index (χ1) is 14.9. The van der Waals surface area contributed by atoms with Gasteiger partial charge in [-0.05, 0) is 19.9 Å². The zero-order chi connectivity index (χ0) is 23.7. The van der Waals surface area contributed by atoms with Gasteiger partial charge in [-0.1, -0.05) is 30.3 Å². The lowest BCUT2D eigenvalue weighted by Crippen LogP contribution is -2.55. The van der Waals surface area contributed by atoms with Crippen LogP contribution >= 0.6 is 12.2 Å². The smallest absolute Gasteiger partial charge is 0.376 e. The number of aromatic nitrogens is 2. The number of piperazine rings is 1. The normalized spacial score (nSPS) is 22.1. The summed E-state index contributed by atoms with van der Waals surface area (Å²) >= 11 is 5.21. The summed E-state index contributed by atoms with van der Waals surface area (Å²) in [7, 11) is -3.82. The minimum absolute atomic E-state index is 0.0121. The second-order valence-corrected chi connectivity index (χ2v) is 9.79. The maximum absolute atomic E-state index is 13.1. The maximum atomic E-state index is 13.1. The van der Waals surface area contributed by atoms with E-state index in [1.165, 1.54) is 10.4 Å². The van der Waals surface area contributed by atoms with Gasteiger partial charge >= 0.3 is 6.18 Å². The van der Waals surface area contributed by atoms with E-state index in [1.807, 2.05) is 0 Å². The van der Waals surface area contributed by atoms with Crippen molar-refractivity contribution in [3.63, 3.8) is 0 Å². The van der Waals surface area contributed by atoms with Crippen LogP contribution in [0.5, 0.6) is 0 Å². The Bertz CT molecular complexity index is 1120.